The summed E-state index contributed by atoms with van der Waals surface area (Å²) in [5.41, 5.74) is 0.567. The quantitative estimate of drug-likeness (QED) is 0.708. The van der Waals surface area contributed by atoms with Gasteiger partial charge in [0.25, 0.3) is 11.8 Å². The summed E-state index contributed by atoms with van der Waals surface area (Å²) >= 11 is 5.80. The van der Waals surface area contributed by atoms with Crippen LogP contribution in [0, 0.1) is 0 Å². The second kappa shape index (κ2) is 9.05. The molecule has 0 aromatic heterocycles. The molecule has 28 heavy (non-hydrogen) atoms. The Labute approximate surface area is 168 Å². The largest absolute Gasteiger partial charge is 0.481 e. The van der Waals surface area contributed by atoms with Crippen LogP contribution in [0.1, 0.15) is 17.3 Å². The molecule has 0 spiro atoms. The number of rotatable bonds is 7. The van der Waals surface area contributed by atoms with Gasteiger partial charge in [0.1, 0.15) is 5.75 Å². The van der Waals surface area contributed by atoms with E-state index in [4.69, 9.17) is 16.3 Å². The van der Waals surface area contributed by atoms with Gasteiger partial charge in [-0.05, 0) is 55.5 Å². The second-order valence-corrected chi connectivity index (χ2v) is 8.32. The monoisotopic (exact) mass is 425 g/mol. The van der Waals surface area contributed by atoms with Gasteiger partial charge < -0.3 is 10.1 Å². The van der Waals surface area contributed by atoms with Crippen LogP contribution >= 0.6 is 11.6 Å². The van der Waals surface area contributed by atoms with Crippen LogP contribution < -0.4 is 14.8 Å². The van der Waals surface area contributed by atoms with E-state index in [-0.39, 0.29) is 11.5 Å². The number of benzene rings is 2. The maximum absolute atomic E-state index is 12.2. The highest BCUT2D eigenvalue weighted by molar-refractivity contribution is 7.87. The first kappa shape index (κ1) is 21.7. The Morgan fingerprint density at radius 2 is 1.61 bits per heavy atom. The van der Waals surface area contributed by atoms with Gasteiger partial charge in [-0.1, -0.05) is 11.6 Å². The van der Waals surface area contributed by atoms with Crippen LogP contribution in [0.15, 0.2) is 48.5 Å². The minimum Gasteiger partial charge on any atom is -0.481 e. The molecule has 0 radical (unpaired) electrons. The molecule has 0 aliphatic carbocycles. The van der Waals surface area contributed by atoms with Crippen molar-refractivity contribution >= 4 is 39.3 Å². The normalized spacial score (nSPS) is 12.3. The predicted molar refractivity (Wildman–Crippen MR) is 107 cm³/mol. The minimum absolute atomic E-state index is 0.133. The van der Waals surface area contributed by atoms with Crippen LogP contribution in [0.5, 0.6) is 5.75 Å². The van der Waals surface area contributed by atoms with Crippen molar-refractivity contribution in [2.24, 2.45) is 0 Å². The van der Waals surface area contributed by atoms with Crippen LogP contribution in [0.4, 0.5) is 5.69 Å². The molecule has 0 aliphatic rings. The summed E-state index contributed by atoms with van der Waals surface area (Å²) in [5.74, 6) is -0.658. The average molecular weight is 426 g/mol. The van der Waals surface area contributed by atoms with Crippen molar-refractivity contribution < 1.29 is 22.7 Å². The predicted octanol–water partition coefficient (Wildman–Crippen LogP) is 2.28. The van der Waals surface area contributed by atoms with Crippen molar-refractivity contribution in [3.05, 3.63) is 59.1 Å². The zero-order valence-electron chi connectivity index (χ0n) is 15.5. The Kier molecular flexibility index (Phi) is 7.00. The summed E-state index contributed by atoms with van der Waals surface area (Å²) in [6, 6.07) is 12.4. The number of carbonyl (C=O) groups excluding carboxylic acids is 2. The lowest BCUT2D eigenvalue weighted by molar-refractivity contribution is -0.122. The second-order valence-electron chi connectivity index (χ2n) is 6.00. The van der Waals surface area contributed by atoms with Crippen molar-refractivity contribution in [3.63, 3.8) is 0 Å². The van der Waals surface area contributed by atoms with E-state index in [0.717, 1.165) is 4.31 Å². The molecule has 0 unspecified atom stereocenters. The van der Waals surface area contributed by atoms with Crippen molar-refractivity contribution in [1.82, 2.24) is 9.03 Å². The first-order chi connectivity index (χ1) is 13.1. The number of hydrogen-bond donors (Lipinski definition) is 2. The summed E-state index contributed by atoms with van der Waals surface area (Å²) in [4.78, 5) is 24.2. The van der Waals surface area contributed by atoms with Crippen LogP contribution in [-0.4, -0.2) is 44.7 Å². The Bertz CT molecular complexity index is 944. The van der Waals surface area contributed by atoms with Crippen molar-refractivity contribution in [2.75, 3.05) is 19.4 Å². The topological polar surface area (TPSA) is 105 Å². The molecule has 0 heterocycles. The molecule has 0 saturated carbocycles. The maximum atomic E-state index is 12.2. The molecule has 2 aromatic carbocycles. The number of carbonyl (C=O) groups is 2. The average Bonchev–Trinajstić information content (AvgIpc) is 2.63. The first-order valence-corrected chi connectivity index (χ1v) is 9.98. The van der Waals surface area contributed by atoms with E-state index in [0.29, 0.717) is 16.5 Å². The molecule has 2 N–H and O–H groups in total. The van der Waals surface area contributed by atoms with E-state index < -0.39 is 22.2 Å². The van der Waals surface area contributed by atoms with E-state index in [1.165, 1.54) is 38.4 Å². The molecule has 2 rings (SSSR count). The highest BCUT2D eigenvalue weighted by Crippen LogP contribution is 2.17. The van der Waals surface area contributed by atoms with Gasteiger partial charge in [-0.3, -0.25) is 9.59 Å². The molecule has 150 valence electrons. The first-order valence-electron chi connectivity index (χ1n) is 8.16. The van der Waals surface area contributed by atoms with Gasteiger partial charge in [0.2, 0.25) is 0 Å². The molecular weight excluding hydrogens is 406 g/mol. The third-order valence-electron chi connectivity index (χ3n) is 3.61. The molecule has 0 saturated heterocycles. The molecule has 8 nitrogen and oxygen atoms in total. The van der Waals surface area contributed by atoms with Gasteiger partial charge in [-0.15, -0.1) is 0 Å². The minimum atomic E-state index is -3.88. The SMILES string of the molecule is C[C@@H](Oc1ccc(Cl)cc1)C(=O)Nc1ccc(C(=O)NS(=O)(=O)N(C)C)cc1. The molecule has 1 atom stereocenters. The zero-order chi connectivity index (χ0) is 20.9. The van der Waals surface area contributed by atoms with Gasteiger partial charge in [-0.2, -0.15) is 12.7 Å². The number of nitrogens with zero attached hydrogens (tertiary/aromatic N) is 1. The number of hydrogen-bond acceptors (Lipinski definition) is 5. The number of halogens is 1. The van der Waals surface area contributed by atoms with E-state index >= 15 is 0 Å². The lowest BCUT2D eigenvalue weighted by Gasteiger charge is -2.15. The lowest BCUT2D eigenvalue weighted by Crippen LogP contribution is -2.39. The van der Waals surface area contributed by atoms with Crippen molar-refractivity contribution in [2.45, 2.75) is 13.0 Å². The van der Waals surface area contributed by atoms with E-state index in [2.05, 4.69) is 5.32 Å². The Hall–Kier alpha value is -2.62. The van der Waals surface area contributed by atoms with Gasteiger partial charge >= 0.3 is 10.2 Å². The van der Waals surface area contributed by atoms with Gasteiger partial charge in [0.05, 0.1) is 0 Å². The molecule has 2 aromatic rings. The third-order valence-corrected chi connectivity index (χ3v) is 5.27. The summed E-state index contributed by atoms with van der Waals surface area (Å²) in [6.07, 6.45) is -0.769. The maximum Gasteiger partial charge on any atom is 0.303 e. The Morgan fingerprint density at radius 1 is 1.04 bits per heavy atom. The summed E-state index contributed by atoms with van der Waals surface area (Å²) in [7, 11) is -1.27. The number of amides is 2. The number of ether oxygens (including phenoxy) is 1. The van der Waals surface area contributed by atoms with Crippen LogP contribution in [-0.2, 0) is 15.0 Å². The van der Waals surface area contributed by atoms with Crippen molar-refractivity contribution in [1.29, 1.82) is 0 Å². The summed E-state index contributed by atoms with van der Waals surface area (Å²) in [5, 5.41) is 3.22. The fourth-order valence-electron chi connectivity index (χ4n) is 1.99. The molecule has 0 bridgehead atoms. The fraction of sp³-hybridized carbons (Fsp3) is 0.222. The van der Waals surface area contributed by atoms with E-state index in [1.54, 1.807) is 31.2 Å². The smallest absolute Gasteiger partial charge is 0.303 e. The third kappa shape index (κ3) is 5.95. The van der Waals surface area contributed by atoms with Gasteiger partial charge in [0, 0.05) is 30.4 Å². The molecule has 0 aliphatic heterocycles. The van der Waals surface area contributed by atoms with E-state index in [9.17, 15) is 18.0 Å². The zero-order valence-corrected chi connectivity index (χ0v) is 17.0. The van der Waals surface area contributed by atoms with Crippen LogP contribution in [0.25, 0.3) is 0 Å². The highest BCUT2D eigenvalue weighted by Gasteiger charge is 2.19. The fourth-order valence-corrected chi connectivity index (χ4v) is 2.65. The summed E-state index contributed by atoms with van der Waals surface area (Å²) in [6.45, 7) is 1.60. The van der Waals surface area contributed by atoms with Crippen molar-refractivity contribution in [3.8, 4) is 5.75 Å². The number of anilines is 1. The Balaban J connectivity index is 1.96. The molecular formula is C18H20ClN3O5S. The molecule has 0 fully saturated rings. The molecule has 10 heteroatoms. The van der Waals surface area contributed by atoms with Crippen LogP contribution in [0.2, 0.25) is 5.02 Å². The lowest BCUT2D eigenvalue weighted by atomic mass is 10.2. The van der Waals surface area contributed by atoms with Crippen LogP contribution in [0.3, 0.4) is 0 Å². The number of nitrogens with one attached hydrogen (secondary N) is 2. The highest BCUT2D eigenvalue weighted by atomic mass is 35.5. The Morgan fingerprint density at radius 3 is 2.14 bits per heavy atom. The van der Waals surface area contributed by atoms with Gasteiger partial charge in [-0.25, -0.2) is 4.72 Å². The van der Waals surface area contributed by atoms with E-state index in [1.807, 2.05) is 4.72 Å². The molecule has 2 amide bonds. The van der Waals surface area contributed by atoms with Gasteiger partial charge in [0.15, 0.2) is 6.10 Å². The summed E-state index contributed by atoms with van der Waals surface area (Å²) < 4.78 is 31.7. The standard InChI is InChI=1S/C18H20ClN3O5S/c1-12(27-16-10-6-14(19)7-11-16)17(23)20-15-8-4-13(5-9-15)18(24)21-28(25,26)22(2)3/h4-12H,1-3H3,(H,20,23)(H,21,24)/t12-/m1/s1.